The van der Waals surface area contributed by atoms with Gasteiger partial charge in [0.1, 0.15) is 5.75 Å². The topological polar surface area (TPSA) is 9.23 Å². The van der Waals surface area contributed by atoms with Gasteiger partial charge in [0.25, 0.3) is 0 Å². The molecule has 0 spiro atoms. The van der Waals surface area contributed by atoms with Gasteiger partial charge in [-0.05, 0) is 84.2 Å². The van der Waals surface area contributed by atoms with Gasteiger partial charge in [-0.3, -0.25) is 0 Å². The summed E-state index contributed by atoms with van der Waals surface area (Å²) in [7, 11) is 0. The quantitative estimate of drug-likeness (QED) is 0.517. The van der Waals surface area contributed by atoms with Crippen LogP contribution in [0.15, 0.2) is 36.4 Å². The van der Waals surface area contributed by atoms with Crippen LogP contribution < -0.4 is 4.74 Å². The monoisotopic (exact) mass is 390 g/mol. The zero-order chi connectivity index (χ0) is 19.7. The lowest BCUT2D eigenvalue weighted by molar-refractivity contribution is -0.274. The van der Waals surface area contributed by atoms with E-state index in [1.165, 1.54) is 69.1 Å². The molecule has 4 heteroatoms. The van der Waals surface area contributed by atoms with Crippen LogP contribution in [0.1, 0.15) is 69.8 Å². The normalized spacial score (nSPS) is 28.1. The van der Waals surface area contributed by atoms with Crippen molar-refractivity contribution in [3.05, 3.63) is 42.0 Å². The van der Waals surface area contributed by atoms with Gasteiger partial charge in [-0.15, -0.1) is 13.2 Å². The molecule has 0 heterocycles. The van der Waals surface area contributed by atoms with Crippen molar-refractivity contribution in [1.29, 1.82) is 0 Å². The van der Waals surface area contributed by atoms with Crippen molar-refractivity contribution < 1.29 is 17.9 Å². The maximum atomic E-state index is 12.4. The highest BCUT2D eigenvalue weighted by Gasteiger charge is 2.35. The van der Waals surface area contributed by atoms with Crippen molar-refractivity contribution >= 4 is 10.8 Å². The lowest BCUT2D eigenvalue weighted by Crippen LogP contribution is -2.30. The van der Waals surface area contributed by atoms with Gasteiger partial charge in [0.2, 0.25) is 0 Å². The van der Waals surface area contributed by atoms with E-state index in [0.717, 1.165) is 28.5 Å². The number of hydrogen-bond acceptors (Lipinski definition) is 1. The second-order valence-electron chi connectivity index (χ2n) is 8.81. The van der Waals surface area contributed by atoms with Crippen LogP contribution in [0.2, 0.25) is 0 Å². The first kappa shape index (κ1) is 19.6. The number of halogens is 3. The molecule has 0 bridgehead atoms. The van der Waals surface area contributed by atoms with Crippen LogP contribution in [-0.4, -0.2) is 6.36 Å². The van der Waals surface area contributed by atoms with Gasteiger partial charge in [-0.25, -0.2) is 0 Å². The van der Waals surface area contributed by atoms with Crippen LogP contribution in [0.5, 0.6) is 5.75 Å². The summed E-state index contributed by atoms with van der Waals surface area (Å²) in [5, 5.41) is 1.78. The molecule has 0 aliphatic heterocycles. The summed E-state index contributed by atoms with van der Waals surface area (Å²) in [4.78, 5) is 0. The van der Waals surface area contributed by atoms with E-state index in [0.29, 0.717) is 5.92 Å². The molecule has 2 aromatic rings. The molecular formula is C24H29F3O. The predicted molar refractivity (Wildman–Crippen MR) is 106 cm³/mol. The number of benzene rings is 2. The Bertz CT molecular complexity index is 813. The average Bonchev–Trinajstić information content (AvgIpc) is 2.66. The summed E-state index contributed by atoms with van der Waals surface area (Å²) in [5.41, 5.74) is 1.34. The Balaban J connectivity index is 1.45. The maximum Gasteiger partial charge on any atom is 0.573 e. The number of alkyl halides is 3. The first-order valence-electron chi connectivity index (χ1n) is 10.7. The van der Waals surface area contributed by atoms with E-state index in [-0.39, 0.29) is 5.75 Å². The lowest BCUT2D eigenvalue weighted by Gasteiger charge is -2.42. The van der Waals surface area contributed by atoms with E-state index in [1.54, 1.807) is 6.07 Å². The van der Waals surface area contributed by atoms with Crippen LogP contribution in [0.4, 0.5) is 13.2 Å². The fourth-order valence-corrected chi connectivity index (χ4v) is 5.65. The Labute approximate surface area is 165 Å². The highest BCUT2D eigenvalue weighted by atomic mass is 19.4. The summed E-state index contributed by atoms with van der Waals surface area (Å²) in [5.74, 6) is 3.13. The van der Waals surface area contributed by atoms with Crippen molar-refractivity contribution in [1.82, 2.24) is 0 Å². The average molecular weight is 390 g/mol. The highest BCUT2D eigenvalue weighted by molar-refractivity contribution is 5.84. The molecule has 152 valence electrons. The van der Waals surface area contributed by atoms with E-state index in [4.69, 9.17) is 0 Å². The Morgan fingerprint density at radius 3 is 2.39 bits per heavy atom. The minimum Gasteiger partial charge on any atom is -0.406 e. The summed E-state index contributed by atoms with van der Waals surface area (Å²) in [6.07, 6.45) is 6.05. The summed E-state index contributed by atoms with van der Waals surface area (Å²) in [6, 6.07) is 10.8. The van der Waals surface area contributed by atoms with Gasteiger partial charge in [-0.1, -0.05) is 50.5 Å². The molecule has 2 aliphatic carbocycles. The molecule has 0 amide bonds. The van der Waals surface area contributed by atoms with E-state index in [9.17, 15) is 13.2 Å². The van der Waals surface area contributed by atoms with Gasteiger partial charge >= 0.3 is 6.36 Å². The maximum absolute atomic E-state index is 12.4. The standard InChI is InChI=1S/C24H29F3O/c1-2-3-16-4-5-18-13-19(7-6-17(18)12-16)20-8-9-22-15-23(28-24(25,26)27)11-10-21(22)14-20/h8-11,14-19H,2-7,12-13H2,1H3. The number of fused-ring (bicyclic) bond motifs is 2. The molecule has 2 fully saturated rings. The fraction of sp³-hybridized carbons (Fsp3) is 0.583. The van der Waals surface area contributed by atoms with E-state index < -0.39 is 6.36 Å². The molecule has 4 rings (SSSR count). The molecule has 0 N–H and O–H groups in total. The Morgan fingerprint density at radius 1 is 0.893 bits per heavy atom. The van der Waals surface area contributed by atoms with E-state index in [2.05, 4.69) is 23.8 Å². The smallest absolute Gasteiger partial charge is 0.406 e. The molecule has 4 unspecified atom stereocenters. The molecule has 2 saturated carbocycles. The van der Waals surface area contributed by atoms with E-state index >= 15 is 0 Å². The largest absolute Gasteiger partial charge is 0.573 e. The van der Waals surface area contributed by atoms with Crippen molar-refractivity contribution in [2.45, 2.75) is 70.6 Å². The number of hydrogen-bond donors (Lipinski definition) is 0. The second kappa shape index (κ2) is 7.96. The van der Waals surface area contributed by atoms with Crippen LogP contribution in [-0.2, 0) is 0 Å². The molecule has 2 aromatic carbocycles. The number of ether oxygens (including phenoxy) is 1. The van der Waals surface area contributed by atoms with Crippen molar-refractivity contribution in [2.75, 3.05) is 0 Å². The molecule has 1 nitrogen and oxygen atoms in total. The van der Waals surface area contributed by atoms with Crippen molar-refractivity contribution in [2.24, 2.45) is 17.8 Å². The fourth-order valence-electron chi connectivity index (χ4n) is 5.65. The van der Waals surface area contributed by atoms with Gasteiger partial charge in [0.15, 0.2) is 0 Å². The Morgan fingerprint density at radius 2 is 1.61 bits per heavy atom. The first-order chi connectivity index (χ1) is 13.4. The first-order valence-corrected chi connectivity index (χ1v) is 10.7. The van der Waals surface area contributed by atoms with Crippen LogP contribution >= 0.6 is 0 Å². The third-order valence-electron chi connectivity index (χ3n) is 6.96. The lowest BCUT2D eigenvalue weighted by atomic mass is 9.63. The van der Waals surface area contributed by atoms with Crippen molar-refractivity contribution in [3.8, 4) is 5.75 Å². The van der Waals surface area contributed by atoms with Crippen LogP contribution in [0, 0.1) is 17.8 Å². The van der Waals surface area contributed by atoms with Crippen LogP contribution in [0.25, 0.3) is 10.8 Å². The molecular weight excluding hydrogens is 361 g/mol. The van der Waals surface area contributed by atoms with Gasteiger partial charge < -0.3 is 4.74 Å². The second-order valence-corrected chi connectivity index (χ2v) is 8.81. The molecule has 0 aromatic heterocycles. The Hall–Kier alpha value is -1.71. The van der Waals surface area contributed by atoms with Gasteiger partial charge in [0, 0.05) is 0 Å². The minimum atomic E-state index is -4.65. The summed E-state index contributed by atoms with van der Waals surface area (Å²) >= 11 is 0. The molecule has 4 atom stereocenters. The zero-order valence-corrected chi connectivity index (χ0v) is 16.5. The highest BCUT2D eigenvalue weighted by Crippen LogP contribution is 2.48. The zero-order valence-electron chi connectivity index (χ0n) is 16.5. The Kier molecular flexibility index (Phi) is 5.57. The molecule has 2 aliphatic rings. The predicted octanol–water partition coefficient (Wildman–Crippen LogP) is 7.84. The molecule has 0 radical (unpaired) electrons. The van der Waals surface area contributed by atoms with Crippen LogP contribution in [0.3, 0.4) is 0 Å². The summed E-state index contributed by atoms with van der Waals surface area (Å²) < 4.78 is 41.3. The molecule has 0 saturated heterocycles. The third kappa shape index (κ3) is 4.47. The minimum absolute atomic E-state index is 0.155. The van der Waals surface area contributed by atoms with Gasteiger partial charge in [0.05, 0.1) is 0 Å². The van der Waals surface area contributed by atoms with Crippen molar-refractivity contribution in [3.63, 3.8) is 0 Å². The SMILES string of the molecule is CCCC1CCC2CC(c3ccc4cc(OC(F)(F)F)ccc4c3)CCC2C1. The molecule has 28 heavy (non-hydrogen) atoms. The summed E-state index contributed by atoms with van der Waals surface area (Å²) in [6.45, 7) is 2.29. The van der Waals surface area contributed by atoms with Gasteiger partial charge in [-0.2, -0.15) is 0 Å². The van der Waals surface area contributed by atoms with E-state index in [1.807, 2.05) is 6.07 Å². The number of rotatable bonds is 4. The third-order valence-corrected chi connectivity index (χ3v) is 6.96.